The van der Waals surface area contributed by atoms with Crippen LogP contribution in [0.5, 0.6) is 0 Å². The van der Waals surface area contributed by atoms with Crippen molar-refractivity contribution in [2.24, 2.45) is 0 Å². The molecule has 0 radical (unpaired) electrons. The lowest BCUT2D eigenvalue weighted by Gasteiger charge is -2.34. The van der Waals surface area contributed by atoms with E-state index in [1.165, 1.54) is 0 Å². The molecule has 1 saturated heterocycles. The second kappa shape index (κ2) is 7.83. The van der Waals surface area contributed by atoms with Gasteiger partial charge in [-0.15, -0.1) is 0 Å². The molecular formula is C20H25N5O. The van der Waals surface area contributed by atoms with Crippen molar-refractivity contribution in [1.29, 1.82) is 0 Å². The number of hydrogen-bond donors (Lipinski definition) is 0. The van der Waals surface area contributed by atoms with E-state index < -0.39 is 0 Å². The molecule has 3 aromatic heterocycles. The van der Waals surface area contributed by atoms with Gasteiger partial charge in [0.15, 0.2) is 5.65 Å². The number of hydrogen-bond acceptors (Lipinski definition) is 5. The van der Waals surface area contributed by atoms with E-state index in [9.17, 15) is 0 Å². The van der Waals surface area contributed by atoms with Crippen molar-refractivity contribution >= 4 is 11.5 Å². The van der Waals surface area contributed by atoms with Crippen LogP contribution >= 0.6 is 0 Å². The van der Waals surface area contributed by atoms with Crippen molar-refractivity contribution in [3.05, 3.63) is 54.1 Å². The van der Waals surface area contributed by atoms with Crippen LogP contribution in [0.25, 0.3) is 5.65 Å². The zero-order chi connectivity index (χ0) is 17.8. The molecule has 0 saturated carbocycles. The molecule has 1 fully saturated rings. The Morgan fingerprint density at radius 3 is 3.00 bits per heavy atom. The topological polar surface area (TPSA) is 55.5 Å². The van der Waals surface area contributed by atoms with Gasteiger partial charge in [-0.2, -0.15) is 9.61 Å². The first-order chi connectivity index (χ1) is 12.8. The molecular weight excluding hydrogens is 326 g/mol. The van der Waals surface area contributed by atoms with Crippen LogP contribution in [0.4, 0.5) is 5.82 Å². The van der Waals surface area contributed by atoms with E-state index >= 15 is 0 Å². The molecule has 6 nitrogen and oxygen atoms in total. The summed E-state index contributed by atoms with van der Waals surface area (Å²) in [5.74, 6) is 1.12. The first-order valence-corrected chi connectivity index (χ1v) is 9.43. The lowest BCUT2D eigenvalue weighted by Crippen LogP contribution is -2.40. The number of ether oxygens (including phenoxy) is 1. The molecule has 0 spiro atoms. The number of anilines is 1. The van der Waals surface area contributed by atoms with Crippen LogP contribution in [0.15, 0.2) is 42.7 Å². The van der Waals surface area contributed by atoms with E-state index in [1.54, 1.807) is 0 Å². The Morgan fingerprint density at radius 1 is 1.19 bits per heavy atom. The Kier molecular flexibility index (Phi) is 5.11. The molecule has 1 aliphatic heterocycles. The summed E-state index contributed by atoms with van der Waals surface area (Å²) >= 11 is 0. The summed E-state index contributed by atoms with van der Waals surface area (Å²) < 4.78 is 8.09. The highest BCUT2D eigenvalue weighted by atomic mass is 16.5. The number of piperidine rings is 1. The van der Waals surface area contributed by atoms with Crippen LogP contribution in [0.2, 0.25) is 0 Å². The average Bonchev–Trinajstić information content (AvgIpc) is 3.16. The molecule has 0 amide bonds. The van der Waals surface area contributed by atoms with Crippen molar-refractivity contribution in [2.75, 3.05) is 18.0 Å². The minimum atomic E-state index is 0.208. The van der Waals surface area contributed by atoms with E-state index in [0.717, 1.165) is 61.6 Å². The van der Waals surface area contributed by atoms with Gasteiger partial charge in [0, 0.05) is 37.1 Å². The van der Waals surface area contributed by atoms with Gasteiger partial charge in [0.25, 0.3) is 0 Å². The third-order valence-electron chi connectivity index (χ3n) is 4.79. The molecule has 0 bridgehead atoms. The fraction of sp³-hybridized carbons (Fsp3) is 0.450. The molecule has 4 rings (SSSR count). The highest BCUT2D eigenvalue weighted by Crippen LogP contribution is 2.23. The monoisotopic (exact) mass is 351 g/mol. The van der Waals surface area contributed by atoms with E-state index in [4.69, 9.17) is 9.72 Å². The van der Waals surface area contributed by atoms with E-state index in [2.05, 4.69) is 28.0 Å². The van der Waals surface area contributed by atoms with Crippen LogP contribution < -0.4 is 4.90 Å². The van der Waals surface area contributed by atoms with Gasteiger partial charge in [0.1, 0.15) is 5.82 Å². The highest BCUT2D eigenvalue weighted by Gasteiger charge is 2.23. The summed E-state index contributed by atoms with van der Waals surface area (Å²) in [4.78, 5) is 11.4. The Morgan fingerprint density at radius 2 is 2.15 bits per heavy atom. The summed E-state index contributed by atoms with van der Waals surface area (Å²) in [7, 11) is 0. The quantitative estimate of drug-likeness (QED) is 0.682. The summed E-state index contributed by atoms with van der Waals surface area (Å²) in [6, 6.07) is 10.1. The second-order valence-electron chi connectivity index (χ2n) is 6.80. The van der Waals surface area contributed by atoms with Gasteiger partial charge >= 0.3 is 0 Å². The molecule has 1 aliphatic rings. The Balaban J connectivity index is 1.50. The molecule has 1 atom stereocenters. The van der Waals surface area contributed by atoms with Gasteiger partial charge in [-0.3, -0.25) is 4.98 Å². The number of nitrogens with zero attached hydrogens (tertiary/aromatic N) is 5. The second-order valence-corrected chi connectivity index (χ2v) is 6.80. The fourth-order valence-electron chi connectivity index (χ4n) is 3.53. The molecule has 6 heteroatoms. The first-order valence-electron chi connectivity index (χ1n) is 9.43. The van der Waals surface area contributed by atoms with Gasteiger partial charge in [0.2, 0.25) is 0 Å². The van der Waals surface area contributed by atoms with E-state index in [0.29, 0.717) is 6.61 Å². The Bertz CT molecular complexity index is 848. The maximum atomic E-state index is 6.14. The van der Waals surface area contributed by atoms with E-state index in [1.807, 2.05) is 41.2 Å². The molecule has 136 valence electrons. The highest BCUT2D eigenvalue weighted by molar-refractivity contribution is 5.51. The molecule has 3 aromatic rings. The van der Waals surface area contributed by atoms with Crippen LogP contribution in [0.3, 0.4) is 0 Å². The average molecular weight is 351 g/mol. The fourth-order valence-corrected chi connectivity index (χ4v) is 3.53. The summed E-state index contributed by atoms with van der Waals surface area (Å²) in [5, 5.41) is 4.48. The Hall–Kier alpha value is -2.47. The number of aryl methyl sites for hydroxylation is 1. The smallest absolute Gasteiger partial charge is 0.157 e. The van der Waals surface area contributed by atoms with Crippen LogP contribution in [-0.2, 0) is 17.8 Å². The van der Waals surface area contributed by atoms with Crippen molar-refractivity contribution in [3.63, 3.8) is 0 Å². The molecule has 0 N–H and O–H groups in total. The van der Waals surface area contributed by atoms with Crippen molar-refractivity contribution < 1.29 is 4.74 Å². The first kappa shape index (κ1) is 17.0. The summed E-state index contributed by atoms with van der Waals surface area (Å²) in [5.41, 5.74) is 3.03. The standard InChI is InChI=1S/C20H25N5O/c1-2-6-16-13-20(25-19(23-16)9-11-22-25)24-12-5-8-18(14-24)26-15-17-7-3-4-10-21-17/h3-4,7,9-11,13,18H,2,5-6,8,12,14-15H2,1H3. The normalized spacial score (nSPS) is 17.7. The minimum absolute atomic E-state index is 0.208. The predicted molar refractivity (Wildman–Crippen MR) is 101 cm³/mol. The van der Waals surface area contributed by atoms with Gasteiger partial charge in [-0.25, -0.2) is 4.98 Å². The maximum Gasteiger partial charge on any atom is 0.157 e. The van der Waals surface area contributed by atoms with Crippen molar-refractivity contribution in [1.82, 2.24) is 19.6 Å². The molecule has 26 heavy (non-hydrogen) atoms. The van der Waals surface area contributed by atoms with Gasteiger partial charge in [-0.1, -0.05) is 19.4 Å². The number of rotatable bonds is 6. The predicted octanol–water partition coefficient (Wildman–Crippen LogP) is 3.26. The number of fused-ring (bicyclic) bond motifs is 1. The van der Waals surface area contributed by atoms with Gasteiger partial charge in [-0.05, 0) is 31.4 Å². The minimum Gasteiger partial charge on any atom is -0.370 e. The molecule has 0 aliphatic carbocycles. The van der Waals surface area contributed by atoms with Crippen molar-refractivity contribution in [3.8, 4) is 0 Å². The SMILES string of the molecule is CCCc1cc(N2CCCC(OCc3ccccn3)C2)n2nccc2n1. The maximum absolute atomic E-state index is 6.14. The third kappa shape index (κ3) is 3.70. The zero-order valence-electron chi connectivity index (χ0n) is 15.2. The molecule has 4 heterocycles. The Labute approximate surface area is 153 Å². The lowest BCUT2D eigenvalue weighted by molar-refractivity contribution is 0.0296. The largest absolute Gasteiger partial charge is 0.370 e. The zero-order valence-corrected chi connectivity index (χ0v) is 15.2. The van der Waals surface area contributed by atoms with Gasteiger partial charge < -0.3 is 9.64 Å². The van der Waals surface area contributed by atoms with Crippen LogP contribution in [0.1, 0.15) is 37.6 Å². The van der Waals surface area contributed by atoms with Crippen LogP contribution in [-0.4, -0.2) is 38.8 Å². The van der Waals surface area contributed by atoms with Crippen LogP contribution in [0, 0.1) is 0 Å². The van der Waals surface area contributed by atoms with Gasteiger partial charge in [0.05, 0.1) is 24.6 Å². The summed E-state index contributed by atoms with van der Waals surface area (Å²) in [6.07, 6.45) is 8.11. The molecule has 0 aromatic carbocycles. The summed E-state index contributed by atoms with van der Waals surface area (Å²) in [6.45, 7) is 4.64. The van der Waals surface area contributed by atoms with Crippen molar-refractivity contribution in [2.45, 2.75) is 45.3 Å². The third-order valence-corrected chi connectivity index (χ3v) is 4.79. The van der Waals surface area contributed by atoms with E-state index in [-0.39, 0.29) is 6.10 Å². The lowest BCUT2D eigenvalue weighted by atomic mass is 10.1. The number of pyridine rings is 1. The molecule has 1 unspecified atom stereocenters. The number of aromatic nitrogens is 4.